The van der Waals surface area contributed by atoms with Gasteiger partial charge in [0.05, 0.1) is 6.54 Å². The van der Waals surface area contributed by atoms with Crippen LogP contribution in [-0.4, -0.2) is 42.9 Å². The average Bonchev–Trinajstić information content (AvgIpc) is 2.29. The molecule has 0 amide bonds. The summed E-state index contributed by atoms with van der Waals surface area (Å²) in [6, 6.07) is 6.16. The molecule has 1 N–H and O–H groups in total. The summed E-state index contributed by atoms with van der Waals surface area (Å²) in [7, 11) is 0. The molecule has 0 unspecified atom stereocenters. The van der Waals surface area contributed by atoms with Crippen molar-refractivity contribution in [1.82, 2.24) is 10.2 Å². The van der Waals surface area contributed by atoms with Crippen molar-refractivity contribution in [3.8, 4) is 0 Å². The van der Waals surface area contributed by atoms with E-state index in [1.807, 2.05) is 0 Å². The minimum atomic E-state index is -0.308. The number of ketones is 1. The highest BCUT2D eigenvalue weighted by Gasteiger charge is 2.18. The molecule has 100 valence electrons. The lowest BCUT2D eigenvalue weighted by Gasteiger charge is -2.31. The minimum Gasteiger partial charge on any atom is -0.312 e. The maximum atomic E-state index is 12.7. The quantitative estimate of drug-likeness (QED) is 0.864. The van der Waals surface area contributed by atoms with Gasteiger partial charge in [0.25, 0.3) is 0 Å². The predicted molar refractivity (Wildman–Crippen MR) is 75.0 cm³/mol. The molecule has 1 aromatic carbocycles. The average molecular weight is 317 g/mol. The Morgan fingerprint density at radius 3 is 2.72 bits per heavy atom. The lowest BCUT2D eigenvalue weighted by Crippen LogP contribution is -2.50. The van der Waals surface area contributed by atoms with Crippen molar-refractivity contribution in [2.45, 2.75) is 13.0 Å². The molecule has 18 heavy (non-hydrogen) atoms. The van der Waals surface area contributed by atoms with Gasteiger partial charge in [0, 0.05) is 31.2 Å². The van der Waals surface area contributed by atoms with Crippen LogP contribution in [0.15, 0.2) is 24.3 Å². The largest absolute Gasteiger partial charge is 0.312 e. The van der Waals surface area contributed by atoms with E-state index in [2.05, 4.69) is 17.1 Å². The lowest BCUT2D eigenvalue weighted by atomic mass is 10.1. The highest BCUT2D eigenvalue weighted by molar-refractivity contribution is 8.93. The van der Waals surface area contributed by atoms with E-state index in [-0.39, 0.29) is 28.6 Å². The van der Waals surface area contributed by atoms with Crippen LogP contribution in [0.5, 0.6) is 0 Å². The Kier molecular flexibility index (Phi) is 5.91. The van der Waals surface area contributed by atoms with Gasteiger partial charge in [-0.15, -0.1) is 17.0 Å². The summed E-state index contributed by atoms with van der Waals surface area (Å²) in [6.45, 7) is 5.20. The van der Waals surface area contributed by atoms with Gasteiger partial charge in [0.15, 0.2) is 5.78 Å². The zero-order chi connectivity index (χ0) is 12.3. The lowest BCUT2D eigenvalue weighted by molar-refractivity contribution is 0.0908. The molecule has 0 radical (unpaired) electrons. The number of Topliss-reactive ketones (excluding diaryl/α,β-unsaturated/α-hetero) is 1. The third-order valence-electron chi connectivity index (χ3n) is 2.99. The van der Waals surface area contributed by atoms with Gasteiger partial charge in [0.1, 0.15) is 5.82 Å². The number of carbonyl (C=O) groups excluding carboxylic acids is 1. The number of nitrogens with one attached hydrogen (secondary N) is 1. The second-order valence-corrected chi connectivity index (χ2v) is 4.52. The Bertz CT molecular complexity index is 396. The van der Waals surface area contributed by atoms with E-state index < -0.39 is 0 Å². The van der Waals surface area contributed by atoms with Gasteiger partial charge in [-0.2, -0.15) is 0 Å². The Labute approximate surface area is 117 Å². The molecule has 0 bridgehead atoms. The van der Waals surface area contributed by atoms with Crippen LogP contribution in [0.4, 0.5) is 4.39 Å². The first-order chi connectivity index (χ1) is 8.15. The van der Waals surface area contributed by atoms with E-state index in [9.17, 15) is 9.18 Å². The molecule has 1 atom stereocenters. The maximum absolute atomic E-state index is 12.7. The topological polar surface area (TPSA) is 32.3 Å². The molecule has 5 heteroatoms. The van der Waals surface area contributed by atoms with Crippen LogP contribution in [0.3, 0.4) is 0 Å². The first-order valence-electron chi connectivity index (χ1n) is 5.89. The molecule has 0 aliphatic carbocycles. The first kappa shape index (κ1) is 15.3. The van der Waals surface area contributed by atoms with E-state index in [4.69, 9.17) is 0 Å². The van der Waals surface area contributed by atoms with E-state index in [0.29, 0.717) is 18.2 Å². The molecule has 2 rings (SSSR count). The monoisotopic (exact) mass is 316 g/mol. The van der Waals surface area contributed by atoms with Crippen LogP contribution < -0.4 is 5.32 Å². The molecule has 3 nitrogen and oxygen atoms in total. The second-order valence-electron chi connectivity index (χ2n) is 4.52. The Morgan fingerprint density at radius 1 is 1.44 bits per heavy atom. The minimum absolute atomic E-state index is 0. The van der Waals surface area contributed by atoms with E-state index in [0.717, 1.165) is 19.6 Å². The Hall–Kier alpha value is -0.780. The van der Waals surface area contributed by atoms with Crippen molar-refractivity contribution in [2.24, 2.45) is 0 Å². The van der Waals surface area contributed by atoms with Crippen molar-refractivity contribution in [3.05, 3.63) is 35.6 Å². The van der Waals surface area contributed by atoms with Gasteiger partial charge in [-0.3, -0.25) is 9.69 Å². The number of hydrogen-bond acceptors (Lipinski definition) is 3. The standard InChI is InChI=1S/C13H17FN2O.BrH/c1-10-8-16(7-6-15-10)9-13(17)11-2-4-12(14)5-3-11;/h2-5,10,15H,6-9H2,1H3;1H/t10-;/m0./s1. The highest BCUT2D eigenvalue weighted by atomic mass is 79.9. The fourth-order valence-corrected chi connectivity index (χ4v) is 2.09. The molecule has 0 aromatic heterocycles. The number of hydrogen-bond donors (Lipinski definition) is 1. The molecule has 1 heterocycles. The third-order valence-corrected chi connectivity index (χ3v) is 2.99. The van der Waals surface area contributed by atoms with Crippen molar-refractivity contribution >= 4 is 22.8 Å². The smallest absolute Gasteiger partial charge is 0.176 e. The predicted octanol–water partition coefficient (Wildman–Crippen LogP) is 1.88. The number of rotatable bonds is 3. The number of halogens is 2. The van der Waals surface area contributed by atoms with E-state index in [1.165, 1.54) is 12.1 Å². The van der Waals surface area contributed by atoms with Crippen molar-refractivity contribution < 1.29 is 9.18 Å². The van der Waals surface area contributed by atoms with Gasteiger partial charge in [-0.1, -0.05) is 0 Å². The number of piperazine rings is 1. The van der Waals surface area contributed by atoms with Gasteiger partial charge in [-0.25, -0.2) is 4.39 Å². The maximum Gasteiger partial charge on any atom is 0.176 e. The van der Waals surface area contributed by atoms with Crippen LogP contribution in [0.2, 0.25) is 0 Å². The third kappa shape index (κ3) is 4.15. The molecular weight excluding hydrogens is 299 g/mol. The fourth-order valence-electron chi connectivity index (χ4n) is 2.09. The van der Waals surface area contributed by atoms with Crippen LogP contribution in [-0.2, 0) is 0 Å². The molecule has 1 fully saturated rings. The number of nitrogens with zero attached hydrogens (tertiary/aromatic N) is 1. The Balaban J connectivity index is 0.00000162. The fraction of sp³-hybridized carbons (Fsp3) is 0.462. The SMILES string of the molecule is Br.C[C@H]1CN(CC(=O)c2ccc(F)cc2)CCN1. The molecule has 1 aliphatic heterocycles. The zero-order valence-corrected chi connectivity index (χ0v) is 12.1. The number of benzene rings is 1. The van der Waals surface area contributed by atoms with Gasteiger partial charge >= 0.3 is 0 Å². The summed E-state index contributed by atoms with van der Waals surface area (Å²) >= 11 is 0. The summed E-state index contributed by atoms with van der Waals surface area (Å²) in [5.74, 6) is -0.253. The van der Waals surface area contributed by atoms with E-state index >= 15 is 0 Å². The first-order valence-corrected chi connectivity index (χ1v) is 5.89. The Morgan fingerprint density at radius 2 is 2.11 bits per heavy atom. The summed E-state index contributed by atoms with van der Waals surface area (Å²) in [5, 5.41) is 3.33. The van der Waals surface area contributed by atoms with Crippen molar-refractivity contribution in [3.63, 3.8) is 0 Å². The normalized spacial score (nSPS) is 20.2. The van der Waals surface area contributed by atoms with Gasteiger partial charge in [-0.05, 0) is 31.2 Å². The van der Waals surface area contributed by atoms with E-state index in [1.54, 1.807) is 12.1 Å². The van der Waals surface area contributed by atoms with Crippen LogP contribution in [0, 0.1) is 5.82 Å². The van der Waals surface area contributed by atoms with Gasteiger partial charge < -0.3 is 5.32 Å². The molecule has 0 saturated carbocycles. The number of carbonyl (C=O) groups is 1. The summed E-state index contributed by atoms with van der Waals surface area (Å²) < 4.78 is 12.7. The van der Waals surface area contributed by atoms with Gasteiger partial charge in [0.2, 0.25) is 0 Å². The highest BCUT2D eigenvalue weighted by Crippen LogP contribution is 2.06. The summed E-state index contributed by atoms with van der Waals surface area (Å²) in [4.78, 5) is 14.1. The summed E-state index contributed by atoms with van der Waals surface area (Å²) in [6.07, 6.45) is 0. The molecule has 1 aromatic rings. The molecular formula is C13H18BrFN2O. The van der Waals surface area contributed by atoms with Crippen molar-refractivity contribution in [2.75, 3.05) is 26.2 Å². The summed E-state index contributed by atoms with van der Waals surface area (Å²) in [5.41, 5.74) is 0.581. The molecule has 1 saturated heterocycles. The zero-order valence-electron chi connectivity index (χ0n) is 10.4. The molecule has 1 aliphatic rings. The van der Waals surface area contributed by atoms with Crippen LogP contribution in [0.1, 0.15) is 17.3 Å². The van der Waals surface area contributed by atoms with Crippen LogP contribution >= 0.6 is 17.0 Å². The van der Waals surface area contributed by atoms with Crippen LogP contribution in [0.25, 0.3) is 0 Å². The molecule has 0 spiro atoms. The second kappa shape index (κ2) is 6.97. The van der Waals surface area contributed by atoms with Crippen molar-refractivity contribution in [1.29, 1.82) is 0 Å².